The third-order valence-corrected chi connectivity index (χ3v) is 3.49. The topological polar surface area (TPSA) is 71.8 Å². The molecule has 0 aliphatic carbocycles. The first kappa shape index (κ1) is 16.9. The van der Waals surface area contributed by atoms with Crippen LogP contribution in [0.4, 0.5) is 5.95 Å². The molecule has 1 fully saturated rings. The van der Waals surface area contributed by atoms with Gasteiger partial charge in [-0.25, -0.2) is 4.68 Å². The van der Waals surface area contributed by atoms with Crippen molar-refractivity contribution in [2.24, 2.45) is 7.05 Å². The zero-order valence-electron chi connectivity index (χ0n) is 12.2. The summed E-state index contributed by atoms with van der Waals surface area (Å²) in [5.41, 5.74) is 0. The normalized spacial score (nSPS) is 15.7. The molecule has 2 heterocycles. The molecule has 1 aliphatic heterocycles. The van der Waals surface area contributed by atoms with Crippen LogP contribution in [0.3, 0.4) is 0 Å². The van der Waals surface area contributed by atoms with E-state index in [9.17, 15) is 4.79 Å². The van der Waals surface area contributed by atoms with Crippen molar-refractivity contribution in [3.63, 3.8) is 0 Å². The van der Waals surface area contributed by atoms with Crippen LogP contribution in [-0.2, 0) is 11.8 Å². The molecule has 1 aliphatic rings. The second kappa shape index (κ2) is 8.21. The maximum absolute atomic E-state index is 11.7. The number of halogens is 1. The molecule has 0 radical (unpaired) electrons. The second-order valence-electron chi connectivity index (χ2n) is 5.09. The van der Waals surface area contributed by atoms with Gasteiger partial charge in [0.25, 0.3) is 0 Å². The quantitative estimate of drug-likeness (QED) is 0.870. The maximum atomic E-state index is 11.7. The van der Waals surface area contributed by atoms with Gasteiger partial charge >= 0.3 is 0 Å². The van der Waals surface area contributed by atoms with E-state index in [1.807, 2.05) is 7.05 Å². The molecule has 1 aromatic heterocycles. The van der Waals surface area contributed by atoms with Gasteiger partial charge < -0.3 is 5.32 Å². The fourth-order valence-electron chi connectivity index (χ4n) is 2.29. The van der Waals surface area contributed by atoms with Gasteiger partial charge in [0.1, 0.15) is 0 Å². The summed E-state index contributed by atoms with van der Waals surface area (Å²) in [5, 5.41) is 10.6. The average Bonchev–Trinajstić information content (AvgIpc) is 2.79. The van der Waals surface area contributed by atoms with Crippen LogP contribution in [0.15, 0.2) is 0 Å². The van der Waals surface area contributed by atoms with Gasteiger partial charge in [-0.3, -0.25) is 10.1 Å². The number of carbonyl (C=O) groups excluding carboxylic acids is 1. The van der Waals surface area contributed by atoms with Crippen LogP contribution in [0, 0.1) is 0 Å². The highest BCUT2D eigenvalue weighted by Gasteiger charge is 2.21. The summed E-state index contributed by atoms with van der Waals surface area (Å²) in [6.45, 7) is 4.10. The summed E-state index contributed by atoms with van der Waals surface area (Å²) < 4.78 is 1.67. The van der Waals surface area contributed by atoms with Gasteiger partial charge in [-0.1, -0.05) is 13.3 Å². The predicted molar refractivity (Wildman–Crippen MR) is 81.3 cm³/mol. The number of nitrogens with one attached hydrogen (secondary N) is 2. The van der Waals surface area contributed by atoms with Crippen molar-refractivity contribution in [3.8, 4) is 0 Å². The van der Waals surface area contributed by atoms with Gasteiger partial charge in [-0.05, 0) is 32.4 Å². The number of carbonyl (C=O) groups is 1. The zero-order valence-corrected chi connectivity index (χ0v) is 13.0. The Morgan fingerprint density at radius 2 is 2.15 bits per heavy atom. The molecule has 114 valence electrons. The fraction of sp³-hybridized carbons (Fsp3) is 0.769. The van der Waals surface area contributed by atoms with Gasteiger partial charge in [0.2, 0.25) is 11.9 Å². The minimum Gasteiger partial charge on any atom is -0.317 e. The molecular weight excluding hydrogens is 278 g/mol. The van der Waals surface area contributed by atoms with Crippen LogP contribution in [0.5, 0.6) is 0 Å². The van der Waals surface area contributed by atoms with E-state index in [0.29, 0.717) is 18.3 Å². The molecule has 0 aromatic carbocycles. The Hall–Kier alpha value is -1.14. The molecular formula is C13H24ClN5O. The van der Waals surface area contributed by atoms with Crippen molar-refractivity contribution in [1.82, 2.24) is 20.1 Å². The number of aromatic nitrogens is 3. The number of amides is 1. The molecule has 20 heavy (non-hydrogen) atoms. The molecule has 2 rings (SSSR count). The van der Waals surface area contributed by atoms with E-state index in [-0.39, 0.29) is 18.3 Å². The highest BCUT2D eigenvalue weighted by molar-refractivity contribution is 5.88. The molecule has 1 amide bonds. The molecule has 6 nitrogen and oxygen atoms in total. The number of unbranched alkanes of at least 4 members (excludes halogenated alkanes) is 1. The van der Waals surface area contributed by atoms with Crippen molar-refractivity contribution in [2.45, 2.75) is 44.9 Å². The van der Waals surface area contributed by atoms with Crippen LogP contribution in [0.2, 0.25) is 0 Å². The first-order chi connectivity index (χ1) is 9.20. The van der Waals surface area contributed by atoms with Crippen LogP contribution >= 0.6 is 12.4 Å². The van der Waals surface area contributed by atoms with Crippen molar-refractivity contribution in [1.29, 1.82) is 0 Å². The lowest BCUT2D eigenvalue weighted by Gasteiger charge is -2.19. The lowest BCUT2D eigenvalue weighted by molar-refractivity contribution is -0.116. The minimum atomic E-state index is 0. The highest BCUT2D eigenvalue weighted by atomic mass is 35.5. The first-order valence-electron chi connectivity index (χ1n) is 7.12. The van der Waals surface area contributed by atoms with E-state index in [2.05, 4.69) is 27.6 Å². The Balaban J connectivity index is 0.00000200. The summed E-state index contributed by atoms with van der Waals surface area (Å²) >= 11 is 0. The Morgan fingerprint density at radius 3 is 2.80 bits per heavy atom. The number of rotatable bonds is 5. The number of anilines is 1. The second-order valence-corrected chi connectivity index (χ2v) is 5.09. The zero-order chi connectivity index (χ0) is 13.7. The number of piperidine rings is 1. The third-order valence-electron chi connectivity index (χ3n) is 3.49. The van der Waals surface area contributed by atoms with E-state index >= 15 is 0 Å². The van der Waals surface area contributed by atoms with Crippen molar-refractivity contribution < 1.29 is 4.79 Å². The molecule has 7 heteroatoms. The van der Waals surface area contributed by atoms with Crippen LogP contribution in [-0.4, -0.2) is 33.8 Å². The fourth-order valence-corrected chi connectivity index (χ4v) is 2.29. The number of nitrogens with zero attached hydrogens (tertiary/aromatic N) is 3. The van der Waals surface area contributed by atoms with E-state index in [4.69, 9.17) is 0 Å². The van der Waals surface area contributed by atoms with E-state index < -0.39 is 0 Å². The number of hydrogen-bond acceptors (Lipinski definition) is 4. The largest absolute Gasteiger partial charge is 0.317 e. The van der Waals surface area contributed by atoms with Crippen molar-refractivity contribution in [3.05, 3.63) is 5.82 Å². The summed E-state index contributed by atoms with van der Waals surface area (Å²) in [7, 11) is 1.83. The molecule has 1 aromatic rings. The van der Waals surface area contributed by atoms with Gasteiger partial charge in [-0.15, -0.1) is 12.4 Å². The molecule has 0 unspecified atom stereocenters. The Morgan fingerprint density at radius 1 is 1.45 bits per heavy atom. The van der Waals surface area contributed by atoms with Crippen LogP contribution in [0.1, 0.15) is 50.8 Å². The molecule has 0 spiro atoms. The summed E-state index contributed by atoms with van der Waals surface area (Å²) in [5.74, 6) is 1.85. The van der Waals surface area contributed by atoms with Crippen LogP contribution < -0.4 is 10.6 Å². The minimum absolute atomic E-state index is 0. The first-order valence-corrected chi connectivity index (χ1v) is 7.12. The lowest BCUT2D eigenvalue weighted by atomic mass is 9.98. The third kappa shape index (κ3) is 4.45. The number of hydrogen-bond donors (Lipinski definition) is 2. The molecule has 0 atom stereocenters. The SMILES string of the molecule is CCCCC(=O)Nc1nc(C2CCNCC2)nn1C.Cl. The van der Waals surface area contributed by atoms with Crippen molar-refractivity contribution >= 4 is 24.3 Å². The summed E-state index contributed by atoms with van der Waals surface area (Å²) in [6, 6.07) is 0. The smallest absolute Gasteiger partial charge is 0.227 e. The highest BCUT2D eigenvalue weighted by Crippen LogP contribution is 2.23. The summed E-state index contributed by atoms with van der Waals surface area (Å²) in [4.78, 5) is 16.2. The number of aryl methyl sites for hydroxylation is 1. The van der Waals surface area contributed by atoms with Gasteiger partial charge in [0.15, 0.2) is 5.82 Å². The van der Waals surface area contributed by atoms with Gasteiger partial charge in [0, 0.05) is 19.4 Å². The predicted octanol–water partition coefficient (Wildman–Crippen LogP) is 1.83. The standard InChI is InChI=1S/C13H23N5O.ClH/c1-3-4-5-11(19)15-13-16-12(17-18(13)2)10-6-8-14-9-7-10;/h10,14H,3-9H2,1-2H3,(H,15,16,17,19);1H. The van der Waals surface area contributed by atoms with Crippen molar-refractivity contribution in [2.75, 3.05) is 18.4 Å². The summed E-state index contributed by atoms with van der Waals surface area (Å²) in [6.07, 6.45) is 4.60. The maximum Gasteiger partial charge on any atom is 0.227 e. The van der Waals surface area contributed by atoms with E-state index in [0.717, 1.165) is 44.6 Å². The molecule has 1 saturated heterocycles. The van der Waals surface area contributed by atoms with E-state index in [1.165, 1.54) is 0 Å². The monoisotopic (exact) mass is 301 g/mol. The lowest BCUT2D eigenvalue weighted by Crippen LogP contribution is -2.27. The molecule has 2 N–H and O–H groups in total. The Labute approximate surface area is 126 Å². The van der Waals surface area contributed by atoms with E-state index in [1.54, 1.807) is 4.68 Å². The molecule has 0 saturated carbocycles. The average molecular weight is 302 g/mol. The molecule has 0 bridgehead atoms. The van der Waals surface area contributed by atoms with Gasteiger partial charge in [-0.2, -0.15) is 10.1 Å². The van der Waals surface area contributed by atoms with Crippen LogP contribution in [0.25, 0.3) is 0 Å². The Bertz CT molecular complexity index is 428. The Kier molecular flexibility index (Phi) is 6.95. The van der Waals surface area contributed by atoms with Gasteiger partial charge in [0.05, 0.1) is 0 Å².